The van der Waals surface area contributed by atoms with Crippen molar-refractivity contribution in [2.75, 3.05) is 13.1 Å². The summed E-state index contributed by atoms with van der Waals surface area (Å²) in [5, 5.41) is 1.22. The molecule has 0 amide bonds. The average molecular weight is 306 g/mol. The van der Waals surface area contributed by atoms with Gasteiger partial charge in [0.2, 0.25) is 5.36 Å². The molecule has 0 saturated heterocycles. The summed E-state index contributed by atoms with van der Waals surface area (Å²) in [5.74, 6) is 1.92. The molecular formula is C21H24NO+. The van der Waals surface area contributed by atoms with E-state index in [4.69, 9.17) is 4.42 Å². The van der Waals surface area contributed by atoms with E-state index in [9.17, 15) is 0 Å². The fraction of sp³-hybridized carbons (Fsp3) is 0.286. The van der Waals surface area contributed by atoms with Crippen molar-refractivity contribution in [1.29, 1.82) is 0 Å². The highest BCUT2D eigenvalue weighted by Gasteiger charge is 2.17. The molecule has 2 aliphatic rings. The molecule has 1 aliphatic heterocycles. The lowest BCUT2D eigenvalue weighted by atomic mass is 9.97. The monoisotopic (exact) mass is 306 g/mol. The molecule has 2 heteroatoms. The van der Waals surface area contributed by atoms with Crippen molar-refractivity contribution in [1.82, 2.24) is 4.58 Å². The van der Waals surface area contributed by atoms with E-state index in [0.29, 0.717) is 0 Å². The van der Waals surface area contributed by atoms with E-state index >= 15 is 0 Å². The number of hydrogen-bond donors (Lipinski definition) is 0. The normalized spacial score (nSPS) is 11.0. The Morgan fingerprint density at radius 1 is 0.870 bits per heavy atom. The van der Waals surface area contributed by atoms with Crippen LogP contribution in [0.2, 0.25) is 0 Å². The van der Waals surface area contributed by atoms with E-state index in [2.05, 4.69) is 74.7 Å². The minimum absolute atomic E-state index is 0.955. The summed E-state index contributed by atoms with van der Waals surface area (Å²) >= 11 is 0. The second-order valence-corrected chi connectivity index (χ2v) is 5.90. The van der Waals surface area contributed by atoms with Crippen LogP contribution in [0.1, 0.15) is 25.0 Å². The molecule has 1 aliphatic carbocycles. The quantitative estimate of drug-likeness (QED) is 0.652. The minimum Gasteiger partial charge on any atom is -0.456 e. The van der Waals surface area contributed by atoms with E-state index in [1.165, 1.54) is 22.0 Å². The van der Waals surface area contributed by atoms with E-state index in [1.807, 2.05) is 6.07 Å². The summed E-state index contributed by atoms with van der Waals surface area (Å²) in [6, 6.07) is 16.9. The fourth-order valence-corrected chi connectivity index (χ4v) is 3.11. The van der Waals surface area contributed by atoms with Gasteiger partial charge in [0.15, 0.2) is 0 Å². The Balaban J connectivity index is 2.31. The van der Waals surface area contributed by atoms with Gasteiger partial charge < -0.3 is 4.42 Å². The van der Waals surface area contributed by atoms with Crippen molar-refractivity contribution in [2.24, 2.45) is 0 Å². The van der Waals surface area contributed by atoms with E-state index < -0.39 is 0 Å². The summed E-state index contributed by atoms with van der Waals surface area (Å²) in [4.78, 5) is 0. The average Bonchev–Trinajstić information content (AvgIpc) is 2.60. The summed E-state index contributed by atoms with van der Waals surface area (Å²) in [6.45, 7) is 10.7. The molecule has 0 N–H and O–H groups in total. The molecule has 2 nitrogen and oxygen atoms in total. The van der Waals surface area contributed by atoms with Gasteiger partial charge in [0.05, 0.1) is 6.07 Å². The third kappa shape index (κ3) is 2.81. The number of hydrogen-bond acceptors (Lipinski definition) is 1. The molecule has 0 spiro atoms. The first kappa shape index (κ1) is 15.5. The second kappa shape index (κ2) is 6.41. The molecule has 0 atom stereocenters. The van der Waals surface area contributed by atoms with Crippen LogP contribution in [0.15, 0.2) is 52.9 Å². The van der Waals surface area contributed by atoms with Gasteiger partial charge in [-0.15, -0.1) is 0 Å². The zero-order valence-corrected chi connectivity index (χ0v) is 14.4. The maximum Gasteiger partial charge on any atom is 0.203 e. The van der Waals surface area contributed by atoms with Gasteiger partial charge in [-0.05, 0) is 44.9 Å². The highest BCUT2D eigenvalue weighted by Crippen LogP contribution is 2.34. The molecular weight excluding hydrogens is 282 g/mol. The third-order valence-electron chi connectivity index (χ3n) is 4.65. The largest absolute Gasteiger partial charge is 0.456 e. The standard InChI is InChI=1S/C21H24NO/c1-5-22(6-2)18-12-13-19-15(3)16(4)21(23-20(19)14-18)17-10-8-7-9-11-17/h7-14H,5-6H2,1-4H3/q+1. The Labute approximate surface area is 138 Å². The van der Waals surface area contributed by atoms with E-state index in [0.717, 1.165) is 30.2 Å². The van der Waals surface area contributed by atoms with Gasteiger partial charge >= 0.3 is 0 Å². The van der Waals surface area contributed by atoms with Gasteiger partial charge in [-0.2, -0.15) is 0 Å². The Bertz CT molecular complexity index is 853. The number of nitrogens with zero attached hydrogens (tertiary/aromatic N) is 1. The molecule has 0 saturated carbocycles. The Morgan fingerprint density at radius 3 is 2.22 bits per heavy atom. The Morgan fingerprint density at radius 2 is 1.57 bits per heavy atom. The number of fused-ring (bicyclic) bond motifs is 1. The Kier molecular flexibility index (Phi) is 4.33. The fourth-order valence-electron chi connectivity index (χ4n) is 3.11. The summed E-state index contributed by atoms with van der Waals surface area (Å²) in [6.07, 6.45) is 0. The molecule has 0 aromatic heterocycles. The lowest BCUT2D eigenvalue weighted by Gasteiger charge is -2.15. The smallest absolute Gasteiger partial charge is 0.203 e. The first-order valence-electron chi connectivity index (χ1n) is 8.33. The van der Waals surface area contributed by atoms with Gasteiger partial charge in [-0.1, -0.05) is 30.3 Å². The Hall–Kier alpha value is -2.35. The van der Waals surface area contributed by atoms with Gasteiger partial charge in [0.1, 0.15) is 24.6 Å². The maximum atomic E-state index is 6.31. The molecule has 0 fully saturated rings. The van der Waals surface area contributed by atoms with Crippen molar-refractivity contribution in [2.45, 2.75) is 27.7 Å². The molecule has 0 radical (unpaired) electrons. The van der Waals surface area contributed by atoms with Gasteiger partial charge in [-0.3, -0.25) is 0 Å². The van der Waals surface area contributed by atoms with Crippen LogP contribution in [0, 0.1) is 13.8 Å². The van der Waals surface area contributed by atoms with Gasteiger partial charge in [0, 0.05) is 17.2 Å². The van der Waals surface area contributed by atoms with Crippen molar-refractivity contribution >= 4 is 0 Å². The molecule has 1 aromatic carbocycles. The van der Waals surface area contributed by atoms with Crippen LogP contribution < -0.4 is 9.93 Å². The first-order valence-corrected chi connectivity index (χ1v) is 8.33. The third-order valence-corrected chi connectivity index (χ3v) is 4.65. The lowest BCUT2D eigenvalue weighted by Crippen LogP contribution is -2.29. The van der Waals surface area contributed by atoms with Crippen molar-refractivity contribution in [3.8, 4) is 22.6 Å². The predicted molar refractivity (Wildman–Crippen MR) is 96.6 cm³/mol. The molecule has 1 heterocycles. The minimum atomic E-state index is 0.955. The van der Waals surface area contributed by atoms with Crippen molar-refractivity contribution < 1.29 is 4.42 Å². The molecule has 3 rings (SSSR count). The van der Waals surface area contributed by atoms with Crippen LogP contribution in [-0.4, -0.2) is 13.1 Å². The van der Waals surface area contributed by atoms with Crippen LogP contribution in [0.4, 0.5) is 0 Å². The molecule has 23 heavy (non-hydrogen) atoms. The first-order chi connectivity index (χ1) is 11.2. The molecule has 118 valence electrons. The lowest BCUT2D eigenvalue weighted by molar-refractivity contribution is 0.569. The predicted octanol–water partition coefficient (Wildman–Crippen LogP) is 4.48. The van der Waals surface area contributed by atoms with Crippen LogP contribution in [0.25, 0.3) is 22.6 Å². The number of rotatable bonds is 3. The van der Waals surface area contributed by atoms with Crippen molar-refractivity contribution in [3.05, 3.63) is 65.0 Å². The van der Waals surface area contributed by atoms with Gasteiger partial charge in [-0.25, -0.2) is 4.58 Å². The topological polar surface area (TPSA) is 16.1 Å². The van der Waals surface area contributed by atoms with Gasteiger partial charge in [0.25, 0.3) is 0 Å². The highest BCUT2D eigenvalue weighted by atomic mass is 16.3. The van der Waals surface area contributed by atoms with Crippen molar-refractivity contribution in [3.63, 3.8) is 0 Å². The highest BCUT2D eigenvalue weighted by molar-refractivity contribution is 5.72. The maximum absolute atomic E-state index is 6.31. The van der Waals surface area contributed by atoms with E-state index in [-0.39, 0.29) is 0 Å². The summed E-state index contributed by atoms with van der Waals surface area (Å²) in [7, 11) is 0. The van der Waals surface area contributed by atoms with Crippen LogP contribution in [0.3, 0.4) is 0 Å². The number of benzene rings is 2. The molecule has 0 unspecified atom stereocenters. The van der Waals surface area contributed by atoms with Crippen LogP contribution in [0.5, 0.6) is 0 Å². The van der Waals surface area contributed by atoms with E-state index in [1.54, 1.807) is 0 Å². The summed E-state index contributed by atoms with van der Waals surface area (Å²) < 4.78 is 8.65. The zero-order valence-electron chi connectivity index (χ0n) is 14.4. The SMILES string of the molecule is CC[N+](CC)=c1ccc2c(C)c(C)c(-c3ccccc3)oc-2c1. The zero-order chi connectivity index (χ0) is 16.4. The summed E-state index contributed by atoms with van der Waals surface area (Å²) in [5.41, 5.74) is 4.82. The van der Waals surface area contributed by atoms with Crippen LogP contribution >= 0.6 is 0 Å². The molecule has 0 bridgehead atoms. The van der Waals surface area contributed by atoms with Crippen LogP contribution in [-0.2, 0) is 0 Å². The molecule has 1 aromatic rings. The second-order valence-electron chi connectivity index (χ2n) is 5.90.